The van der Waals surface area contributed by atoms with E-state index in [-0.39, 0.29) is 5.92 Å². The normalized spacial score (nSPS) is 22.8. The van der Waals surface area contributed by atoms with Crippen LogP contribution in [0.2, 0.25) is 0 Å². The first-order valence-corrected chi connectivity index (χ1v) is 9.41. The highest BCUT2D eigenvalue weighted by Gasteiger charge is 2.46. The number of carbonyl (C=O) groups excluding carboxylic acids is 1. The van der Waals surface area contributed by atoms with Crippen LogP contribution in [0.5, 0.6) is 5.75 Å². The van der Waals surface area contributed by atoms with Crippen molar-refractivity contribution in [3.8, 4) is 5.75 Å². The third-order valence-corrected chi connectivity index (χ3v) is 5.90. The molecule has 1 amide bonds. The Morgan fingerprint density at radius 2 is 1.92 bits per heavy atom. The number of aryl methyl sites for hydroxylation is 1. The van der Waals surface area contributed by atoms with E-state index in [0.29, 0.717) is 11.8 Å². The van der Waals surface area contributed by atoms with Crippen molar-refractivity contribution in [2.45, 2.75) is 19.3 Å². The van der Waals surface area contributed by atoms with Gasteiger partial charge in [-0.2, -0.15) is 4.37 Å². The lowest BCUT2D eigenvalue weighted by atomic mass is 10.1. The number of methoxy groups -OCH3 is 1. The number of nitrogens with zero attached hydrogens (tertiary/aromatic N) is 4. The molecule has 0 bridgehead atoms. The first-order valence-electron chi connectivity index (χ1n) is 8.63. The van der Waals surface area contributed by atoms with Crippen LogP contribution in [0.4, 0.5) is 5.13 Å². The van der Waals surface area contributed by atoms with E-state index < -0.39 is 0 Å². The van der Waals surface area contributed by atoms with Crippen LogP contribution in [0.3, 0.4) is 0 Å². The van der Waals surface area contributed by atoms with Crippen molar-refractivity contribution in [3.63, 3.8) is 0 Å². The smallest absolute Gasteiger partial charge is 0.226 e. The van der Waals surface area contributed by atoms with Gasteiger partial charge in [-0.1, -0.05) is 12.1 Å². The second kappa shape index (κ2) is 6.63. The van der Waals surface area contributed by atoms with E-state index in [0.717, 1.165) is 49.3 Å². The zero-order chi connectivity index (χ0) is 17.4. The van der Waals surface area contributed by atoms with E-state index in [2.05, 4.69) is 26.4 Å². The zero-order valence-corrected chi connectivity index (χ0v) is 15.3. The van der Waals surface area contributed by atoms with Crippen LogP contribution in [-0.4, -0.2) is 53.5 Å². The minimum absolute atomic E-state index is 0.142. The Hall–Kier alpha value is -2.15. The molecule has 6 nitrogen and oxygen atoms in total. The number of rotatable bonds is 4. The Balaban J connectivity index is 1.32. The van der Waals surface area contributed by atoms with E-state index in [1.807, 2.05) is 24.0 Å². The molecule has 0 unspecified atom stereocenters. The summed E-state index contributed by atoms with van der Waals surface area (Å²) < 4.78 is 9.44. The second-order valence-electron chi connectivity index (χ2n) is 6.66. The van der Waals surface area contributed by atoms with Crippen LogP contribution in [0.15, 0.2) is 24.3 Å². The van der Waals surface area contributed by atoms with Gasteiger partial charge in [0, 0.05) is 43.6 Å². The van der Waals surface area contributed by atoms with Gasteiger partial charge in [0.2, 0.25) is 11.0 Å². The number of hydrogen-bond acceptors (Lipinski definition) is 6. The zero-order valence-electron chi connectivity index (χ0n) is 14.5. The fraction of sp³-hybridized carbons (Fsp3) is 0.500. The molecular formula is C18H22N4O2S. The highest BCUT2D eigenvalue weighted by molar-refractivity contribution is 7.09. The number of aromatic nitrogens is 2. The third kappa shape index (κ3) is 3.33. The van der Waals surface area contributed by atoms with E-state index in [1.165, 1.54) is 17.1 Å². The minimum Gasteiger partial charge on any atom is -0.497 e. The summed E-state index contributed by atoms with van der Waals surface area (Å²) in [5.41, 5.74) is 1.24. The standard InChI is InChI=1S/C18H22N4O2S/c1-12-19-18(25-20-12)22-9-7-21(8-10-22)17(23)16-11-15(16)13-3-5-14(24-2)6-4-13/h3-6,15-16H,7-11H2,1-2H3/t15-,16+/m0/s1. The highest BCUT2D eigenvalue weighted by atomic mass is 32.1. The van der Waals surface area contributed by atoms with Gasteiger partial charge in [0.05, 0.1) is 7.11 Å². The third-order valence-electron chi connectivity index (χ3n) is 5.03. The average Bonchev–Trinajstić information content (AvgIpc) is 3.34. The van der Waals surface area contributed by atoms with Gasteiger partial charge in [0.1, 0.15) is 11.6 Å². The quantitative estimate of drug-likeness (QED) is 0.839. The molecule has 0 N–H and O–H groups in total. The van der Waals surface area contributed by atoms with Gasteiger partial charge < -0.3 is 14.5 Å². The van der Waals surface area contributed by atoms with Gasteiger partial charge in [0.25, 0.3) is 0 Å². The number of hydrogen-bond donors (Lipinski definition) is 0. The lowest BCUT2D eigenvalue weighted by Gasteiger charge is -2.34. The van der Waals surface area contributed by atoms with E-state index >= 15 is 0 Å². The summed E-state index contributed by atoms with van der Waals surface area (Å²) in [5.74, 6) is 2.48. The molecule has 2 atom stereocenters. The molecule has 1 saturated heterocycles. The van der Waals surface area contributed by atoms with Gasteiger partial charge in [-0.25, -0.2) is 4.98 Å². The summed E-state index contributed by atoms with van der Waals surface area (Å²) in [6, 6.07) is 8.09. The molecule has 1 aromatic carbocycles. The van der Waals surface area contributed by atoms with Crippen molar-refractivity contribution < 1.29 is 9.53 Å². The summed E-state index contributed by atoms with van der Waals surface area (Å²) in [4.78, 5) is 21.4. The van der Waals surface area contributed by atoms with Gasteiger partial charge >= 0.3 is 0 Å². The van der Waals surface area contributed by atoms with Gasteiger partial charge in [-0.05, 0) is 37.0 Å². The van der Waals surface area contributed by atoms with Crippen molar-refractivity contribution in [1.29, 1.82) is 0 Å². The lowest BCUT2D eigenvalue weighted by molar-refractivity contribution is -0.132. The fourth-order valence-corrected chi connectivity index (χ4v) is 4.18. The molecule has 1 aliphatic carbocycles. The van der Waals surface area contributed by atoms with Crippen LogP contribution >= 0.6 is 11.5 Å². The topological polar surface area (TPSA) is 58.6 Å². The Morgan fingerprint density at radius 3 is 2.52 bits per heavy atom. The molecule has 1 aromatic heterocycles. The number of benzene rings is 1. The van der Waals surface area contributed by atoms with Crippen molar-refractivity contribution in [1.82, 2.24) is 14.3 Å². The molecule has 0 radical (unpaired) electrons. The maximum atomic E-state index is 12.8. The Morgan fingerprint density at radius 1 is 1.20 bits per heavy atom. The van der Waals surface area contributed by atoms with Crippen LogP contribution in [-0.2, 0) is 4.79 Å². The Bertz CT molecular complexity index is 753. The molecular weight excluding hydrogens is 336 g/mol. The fourth-order valence-electron chi connectivity index (χ4n) is 3.45. The van der Waals surface area contributed by atoms with E-state index in [4.69, 9.17) is 4.74 Å². The van der Waals surface area contributed by atoms with Crippen molar-refractivity contribution in [2.75, 3.05) is 38.2 Å². The molecule has 2 aromatic rings. The maximum absolute atomic E-state index is 12.8. The molecule has 25 heavy (non-hydrogen) atoms. The Labute approximate surface area is 151 Å². The van der Waals surface area contributed by atoms with Gasteiger partial charge in [-0.15, -0.1) is 0 Å². The predicted molar refractivity (Wildman–Crippen MR) is 97.3 cm³/mol. The number of ether oxygens (including phenoxy) is 1. The molecule has 0 spiro atoms. The first-order chi connectivity index (χ1) is 12.2. The molecule has 2 fully saturated rings. The van der Waals surface area contributed by atoms with Crippen LogP contribution < -0.4 is 9.64 Å². The van der Waals surface area contributed by atoms with E-state index in [1.54, 1.807) is 7.11 Å². The van der Waals surface area contributed by atoms with Gasteiger partial charge in [-0.3, -0.25) is 4.79 Å². The van der Waals surface area contributed by atoms with Crippen LogP contribution in [0, 0.1) is 12.8 Å². The summed E-state index contributed by atoms with van der Waals surface area (Å²) in [6.45, 7) is 5.11. The molecule has 132 valence electrons. The molecule has 2 heterocycles. The maximum Gasteiger partial charge on any atom is 0.226 e. The predicted octanol–water partition coefficient (Wildman–Crippen LogP) is 2.31. The number of piperazine rings is 1. The molecule has 2 aliphatic rings. The van der Waals surface area contributed by atoms with Gasteiger partial charge in [0.15, 0.2) is 0 Å². The molecule has 1 saturated carbocycles. The first kappa shape index (κ1) is 16.3. The number of carbonyl (C=O) groups is 1. The van der Waals surface area contributed by atoms with Crippen molar-refractivity contribution in [3.05, 3.63) is 35.7 Å². The highest BCUT2D eigenvalue weighted by Crippen LogP contribution is 2.48. The summed E-state index contributed by atoms with van der Waals surface area (Å²) >= 11 is 1.44. The molecule has 1 aliphatic heterocycles. The molecule has 4 rings (SSSR count). The molecule has 7 heteroatoms. The minimum atomic E-state index is 0.142. The summed E-state index contributed by atoms with van der Waals surface area (Å²) in [6.07, 6.45) is 0.959. The SMILES string of the molecule is COc1ccc([C@@H]2C[C@H]2C(=O)N2CCN(c3nc(C)ns3)CC2)cc1. The largest absolute Gasteiger partial charge is 0.497 e. The van der Waals surface area contributed by atoms with Crippen molar-refractivity contribution >= 4 is 22.6 Å². The summed E-state index contributed by atoms with van der Waals surface area (Å²) in [5, 5.41) is 0.965. The Kier molecular flexibility index (Phi) is 4.33. The number of anilines is 1. The van der Waals surface area contributed by atoms with E-state index in [9.17, 15) is 4.79 Å². The summed E-state index contributed by atoms with van der Waals surface area (Å²) in [7, 11) is 1.67. The number of amides is 1. The monoisotopic (exact) mass is 358 g/mol. The lowest BCUT2D eigenvalue weighted by Crippen LogP contribution is -2.49. The average molecular weight is 358 g/mol. The van der Waals surface area contributed by atoms with Crippen LogP contribution in [0.1, 0.15) is 23.7 Å². The van der Waals surface area contributed by atoms with Crippen LogP contribution in [0.25, 0.3) is 0 Å². The second-order valence-corrected chi connectivity index (χ2v) is 7.39. The van der Waals surface area contributed by atoms with Crippen molar-refractivity contribution in [2.24, 2.45) is 5.92 Å².